The molecule has 2 fully saturated rings. The Morgan fingerprint density at radius 2 is 1.90 bits per heavy atom. The Kier molecular flexibility index (Phi) is 7.74. The van der Waals surface area contributed by atoms with Gasteiger partial charge < -0.3 is 44.5 Å². The van der Waals surface area contributed by atoms with Gasteiger partial charge in [-0.05, 0) is 23.5 Å². The first-order chi connectivity index (χ1) is 14.6. The summed E-state index contributed by atoms with van der Waals surface area (Å²) in [5, 5.41) is 49.5. The molecule has 0 bridgehead atoms. The molecule has 3 rings (SSSR count). The van der Waals surface area contributed by atoms with Crippen molar-refractivity contribution in [3.8, 4) is 0 Å². The number of carbonyl (C=O) groups is 1. The van der Waals surface area contributed by atoms with Gasteiger partial charge in [0.15, 0.2) is 6.29 Å². The van der Waals surface area contributed by atoms with Crippen LogP contribution in [0.1, 0.15) is 26.7 Å². The van der Waals surface area contributed by atoms with E-state index in [1.807, 2.05) is 13.8 Å². The molecule has 0 spiro atoms. The zero-order valence-corrected chi connectivity index (χ0v) is 17.7. The van der Waals surface area contributed by atoms with Gasteiger partial charge in [0.25, 0.3) is 0 Å². The second-order valence-electron chi connectivity index (χ2n) is 8.75. The fourth-order valence-electron chi connectivity index (χ4n) is 4.23. The first-order valence-electron chi connectivity index (χ1n) is 10.5. The molecule has 9 atom stereocenters. The molecule has 1 saturated heterocycles. The van der Waals surface area contributed by atoms with Gasteiger partial charge in [0.1, 0.15) is 24.4 Å². The maximum Gasteiger partial charge on any atom is 0.309 e. The van der Waals surface area contributed by atoms with Crippen molar-refractivity contribution in [2.24, 2.45) is 17.8 Å². The molecule has 1 saturated carbocycles. The zero-order valence-electron chi connectivity index (χ0n) is 17.7. The lowest BCUT2D eigenvalue weighted by molar-refractivity contribution is -0.299. The van der Waals surface area contributed by atoms with Gasteiger partial charge in [-0.3, -0.25) is 4.79 Å². The van der Waals surface area contributed by atoms with E-state index in [9.17, 15) is 30.3 Å². The summed E-state index contributed by atoms with van der Waals surface area (Å²) in [5.41, 5.74) is 1.14. The first-order valence-corrected chi connectivity index (χ1v) is 10.5. The van der Waals surface area contributed by atoms with Crippen LogP contribution in [0.2, 0.25) is 0 Å². The molecule has 0 aromatic carbocycles. The minimum Gasteiger partial charge on any atom is -0.462 e. The molecule has 0 aromatic heterocycles. The number of hydrogen-bond donors (Lipinski definition) is 5. The smallest absolute Gasteiger partial charge is 0.309 e. The predicted molar refractivity (Wildman–Crippen MR) is 105 cm³/mol. The molecule has 9 unspecified atom stereocenters. The average molecular weight is 444 g/mol. The predicted octanol–water partition coefficient (Wildman–Crippen LogP) is -0.814. The van der Waals surface area contributed by atoms with Crippen molar-refractivity contribution in [2.45, 2.75) is 69.8 Å². The van der Waals surface area contributed by atoms with E-state index in [4.69, 9.17) is 18.9 Å². The van der Waals surface area contributed by atoms with E-state index in [0.29, 0.717) is 17.6 Å². The molecule has 2 heterocycles. The molecule has 3 aliphatic rings. The maximum absolute atomic E-state index is 12.1. The molecule has 5 N–H and O–H groups in total. The number of aliphatic hydroxyl groups is 5. The van der Waals surface area contributed by atoms with E-state index < -0.39 is 61.6 Å². The molecule has 0 aromatic rings. The van der Waals surface area contributed by atoms with E-state index in [2.05, 4.69) is 6.58 Å². The van der Waals surface area contributed by atoms with Gasteiger partial charge in [0, 0.05) is 12.3 Å². The molecule has 0 radical (unpaired) electrons. The van der Waals surface area contributed by atoms with Gasteiger partial charge in [-0.2, -0.15) is 0 Å². The Morgan fingerprint density at radius 3 is 2.55 bits per heavy atom. The summed E-state index contributed by atoms with van der Waals surface area (Å²) in [7, 11) is 0. The summed E-state index contributed by atoms with van der Waals surface area (Å²) in [4.78, 5) is 12.1. The summed E-state index contributed by atoms with van der Waals surface area (Å²) in [6.45, 7) is 7.10. The summed E-state index contributed by atoms with van der Waals surface area (Å²) < 4.78 is 22.1. The number of fused-ring (bicyclic) bond motifs is 1. The molecule has 1 aliphatic carbocycles. The summed E-state index contributed by atoms with van der Waals surface area (Å²) in [6, 6.07) is 0. The van der Waals surface area contributed by atoms with Crippen LogP contribution in [0, 0.1) is 17.8 Å². The third kappa shape index (κ3) is 5.11. The lowest BCUT2D eigenvalue weighted by Crippen LogP contribution is -2.59. The molecule has 10 nitrogen and oxygen atoms in total. The number of hydrogen-bond acceptors (Lipinski definition) is 10. The van der Waals surface area contributed by atoms with E-state index >= 15 is 0 Å². The van der Waals surface area contributed by atoms with Gasteiger partial charge in [-0.15, -0.1) is 0 Å². The summed E-state index contributed by atoms with van der Waals surface area (Å²) in [5.74, 6) is -0.993. The van der Waals surface area contributed by atoms with Crippen LogP contribution >= 0.6 is 0 Å². The molecule has 31 heavy (non-hydrogen) atoms. The average Bonchev–Trinajstić information content (AvgIpc) is 3.01. The highest BCUT2D eigenvalue weighted by Crippen LogP contribution is 2.46. The van der Waals surface area contributed by atoms with Crippen LogP contribution in [0.25, 0.3) is 0 Å². The van der Waals surface area contributed by atoms with Crippen molar-refractivity contribution < 1.29 is 49.3 Å². The molecular weight excluding hydrogens is 412 g/mol. The van der Waals surface area contributed by atoms with Crippen molar-refractivity contribution >= 4 is 5.97 Å². The Balaban J connectivity index is 1.68. The first kappa shape index (κ1) is 24.1. The topological polar surface area (TPSA) is 155 Å². The van der Waals surface area contributed by atoms with Crippen LogP contribution in [0.4, 0.5) is 0 Å². The van der Waals surface area contributed by atoms with Gasteiger partial charge in [-0.1, -0.05) is 20.4 Å². The van der Waals surface area contributed by atoms with Gasteiger partial charge in [0.2, 0.25) is 6.29 Å². The second kappa shape index (κ2) is 9.95. The molecule has 10 heteroatoms. The van der Waals surface area contributed by atoms with E-state index in [1.54, 1.807) is 0 Å². The molecule has 0 amide bonds. The number of ether oxygens (including phenoxy) is 4. The van der Waals surface area contributed by atoms with Crippen LogP contribution in [0.5, 0.6) is 0 Å². The SMILES string of the molecule is C=C1C(O)CC2C(COC3OC(CO)C(O)C(O)C3O)=COC(OC(=O)CC(C)C)C12. The molecule has 176 valence electrons. The standard InChI is InChI=1S/C21H32O10/c1-9(2)4-15(24)31-20-16-10(3)13(23)5-12(16)11(7-28-20)8-29-21-19(27)18(26)17(25)14(6-22)30-21/h7,9,12-14,16-23,25-27H,3-6,8H2,1-2H3. The monoisotopic (exact) mass is 444 g/mol. The number of esters is 1. The van der Waals surface area contributed by atoms with Crippen molar-refractivity contribution in [3.05, 3.63) is 24.0 Å². The number of aliphatic hydroxyl groups excluding tert-OH is 5. The Hall–Kier alpha value is -1.53. The highest BCUT2D eigenvalue weighted by atomic mass is 16.7. The van der Waals surface area contributed by atoms with Crippen molar-refractivity contribution in [1.29, 1.82) is 0 Å². The number of rotatable bonds is 7. The maximum atomic E-state index is 12.1. The second-order valence-corrected chi connectivity index (χ2v) is 8.75. The van der Waals surface area contributed by atoms with E-state index in [1.165, 1.54) is 6.26 Å². The normalized spacial score (nSPS) is 40.3. The number of carbonyl (C=O) groups excluding carboxylic acids is 1. The Labute approximate surface area is 180 Å². The van der Waals surface area contributed by atoms with Crippen LogP contribution in [-0.2, 0) is 23.7 Å². The third-order valence-electron chi connectivity index (χ3n) is 5.98. The lowest BCUT2D eigenvalue weighted by atomic mass is 9.86. The van der Waals surface area contributed by atoms with E-state index in [-0.39, 0.29) is 24.9 Å². The quantitative estimate of drug-likeness (QED) is 0.249. The Bertz CT molecular complexity index is 690. The van der Waals surface area contributed by atoms with Gasteiger partial charge in [0.05, 0.1) is 31.5 Å². The van der Waals surface area contributed by atoms with E-state index in [0.717, 1.165) is 0 Å². The largest absolute Gasteiger partial charge is 0.462 e. The lowest BCUT2D eigenvalue weighted by Gasteiger charge is -2.40. The third-order valence-corrected chi connectivity index (χ3v) is 5.98. The van der Waals surface area contributed by atoms with Crippen LogP contribution < -0.4 is 0 Å². The van der Waals surface area contributed by atoms with Crippen LogP contribution in [0.15, 0.2) is 24.0 Å². The van der Waals surface area contributed by atoms with Gasteiger partial charge >= 0.3 is 5.97 Å². The Morgan fingerprint density at radius 1 is 1.19 bits per heavy atom. The highest BCUT2D eigenvalue weighted by Gasteiger charge is 2.49. The zero-order chi connectivity index (χ0) is 22.9. The van der Waals surface area contributed by atoms with Crippen LogP contribution in [0.3, 0.4) is 0 Å². The summed E-state index contributed by atoms with van der Waals surface area (Å²) in [6.07, 6.45) is -6.61. The highest BCUT2D eigenvalue weighted by molar-refractivity contribution is 5.69. The minimum atomic E-state index is -1.54. The van der Waals surface area contributed by atoms with Crippen LogP contribution in [-0.4, -0.2) is 87.8 Å². The fraction of sp³-hybridized carbons (Fsp3) is 0.762. The molecular formula is C21H32O10. The summed E-state index contributed by atoms with van der Waals surface area (Å²) >= 11 is 0. The van der Waals surface area contributed by atoms with Crippen molar-refractivity contribution in [3.63, 3.8) is 0 Å². The minimum absolute atomic E-state index is 0.0729. The van der Waals surface area contributed by atoms with Crippen molar-refractivity contribution in [1.82, 2.24) is 0 Å². The molecule has 2 aliphatic heterocycles. The van der Waals surface area contributed by atoms with Gasteiger partial charge in [-0.25, -0.2) is 0 Å². The van der Waals surface area contributed by atoms with Crippen molar-refractivity contribution in [2.75, 3.05) is 13.2 Å². The fourth-order valence-corrected chi connectivity index (χ4v) is 4.23.